The van der Waals surface area contributed by atoms with Gasteiger partial charge in [0, 0.05) is 19.6 Å². The largest absolute Gasteiger partial charge is 0.346 e. The third-order valence-corrected chi connectivity index (χ3v) is 2.55. The summed E-state index contributed by atoms with van der Waals surface area (Å²) in [6.07, 6.45) is -0.770. The van der Waals surface area contributed by atoms with Crippen LogP contribution in [0.25, 0.3) is 0 Å². The molecule has 0 radical (unpaired) electrons. The number of ketones is 1. The van der Waals surface area contributed by atoms with Gasteiger partial charge in [-0.05, 0) is 31.5 Å². The van der Waals surface area contributed by atoms with Gasteiger partial charge in [0.15, 0.2) is 5.78 Å². The second kappa shape index (κ2) is 7.46. The van der Waals surface area contributed by atoms with Crippen LogP contribution >= 0.6 is 11.6 Å². The van der Waals surface area contributed by atoms with Gasteiger partial charge in [-0.3, -0.25) is 4.79 Å². The Morgan fingerprint density at radius 3 is 2.44 bits per heavy atom. The monoisotopic (exact) mass is 274 g/mol. The molecule has 5 heteroatoms. The van der Waals surface area contributed by atoms with Crippen LogP contribution in [0.15, 0.2) is 18.2 Å². The van der Waals surface area contributed by atoms with Crippen molar-refractivity contribution in [2.24, 2.45) is 0 Å². The van der Waals surface area contributed by atoms with Crippen LogP contribution < -0.4 is 0 Å². The molecule has 0 bridgehead atoms. The van der Waals surface area contributed by atoms with Crippen LogP contribution in [0.4, 0.5) is 4.39 Å². The van der Waals surface area contributed by atoms with E-state index in [9.17, 15) is 9.18 Å². The maximum Gasteiger partial charge on any atom is 0.218 e. The Hall–Kier alpha value is -0.970. The first-order valence-corrected chi connectivity index (χ1v) is 6.16. The van der Waals surface area contributed by atoms with Crippen LogP contribution in [0.3, 0.4) is 0 Å². The molecule has 18 heavy (non-hydrogen) atoms. The van der Waals surface area contributed by atoms with E-state index in [0.29, 0.717) is 18.8 Å². The Bertz CT molecular complexity index is 403. The number of carbonyl (C=O) groups excluding carboxylic acids is 1. The molecule has 0 saturated carbocycles. The molecule has 0 aliphatic carbocycles. The van der Waals surface area contributed by atoms with Crippen LogP contribution in [0.1, 0.15) is 19.4 Å². The van der Waals surface area contributed by atoms with E-state index in [-0.39, 0.29) is 17.2 Å². The number of hydrogen-bond donors (Lipinski definition) is 0. The quantitative estimate of drug-likeness (QED) is 0.717. The van der Waals surface area contributed by atoms with Gasteiger partial charge in [0.25, 0.3) is 0 Å². The number of Topliss-reactive ketones (excluding diaryl/α,β-unsaturated/α-hetero) is 1. The van der Waals surface area contributed by atoms with Gasteiger partial charge in [0.05, 0.1) is 5.02 Å². The predicted octanol–water partition coefficient (Wildman–Crippen LogP) is 2.99. The van der Waals surface area contributed by atoms with Crippen LogP contribution in [-0.4, -0.2) is 25.3 Å². The van der Waals surface area contributed by atoms with E-state index < -0.39 is 12.1 Å². The SMILES string of the molecule is CCOC(OCC)C(=O)Cc1ccc(F)c(Cl)c1. The van der Waals surface area contributed by atoms with Gasteiger partial charge in [-0.1, -0.05) is 17.7 Å². The summed E-state index contributed by atoms with van der Waals surface area (Å²) in [6.45, 7) is 4.35. The van der Waals surface area contributed by atoms with E-state index >= 15 is 0 Å². The van der Waals surface area contributed by atoms with Gasteiger partial charge in [-0.2, -0.15) is 0 Å². The smallest absolute Gasteiger partial charge is 0.218 e. The molecule has 3 nitrogen and oxygen atoms in total. The maximum atomic E-state index is 13.0. The first-order valence-electron chi connectivity index (χ1n) is 5.78. The first-order chi connectivity index (χ1) is 8.58. The summed E-state index contributed by atoms with van der Waals surface area (Å²) in [5.74, 6) is -0.708. The summed E-state index contributed by atoms with van der Waals surface area (Å²) in [5.41, 5.74) is 0.635. The molecule has 1 rings (SSSR count). The molecule has 0 unspecified atom stereocenters. The van der Waals surface area contributed by atoms with Crippen LogP contribution in [0, 0.1) is 5.82 Å². The Kier molecular flexibility index (Phi) is 6.25. The number of halogens is 2. The molecule has 0 aliphatic heterocycles. The summed E-state index contributed by atoms with van der Waals surface area (Å²) in [4.78, 5) is 11.9. The molecular weight excluding hydrogens is 259 g/mol. The van der Waals surface area contributed by atoms with Crippen molar-refractivity contribution in [1.29, 1.82) is 0 Å². The van der Waals surface area contributed by atoms with Crippen molar-refractivity contribution in [1.82, 2.24) is 0 Å². The third-order valence-electron chi connectivity index (χ3n) is 2.26. The Morgan fingerprint density at radius 2 is 1.94 bits per heavy atom. The Labute approximate surface area is 111 Å². The van der Waals surface area contributed by atoms with Crippen LogP contribution in [0.2, 0.25) is 5.02 Å². The molecule has 0 saturated heterocycles. The minimum Gasteiger partial charge on any atom is -0.346 e. The number of hydrogen-bond acceptors (Lipinski definition) is 3. The Balaban J connectivity index is 2.69. The standard InChI is InChI=1S/C13H16ClFO3/c1-3-17-13(18-4-2)12(16)8-9-5-6-11(15)10(14)7-9/h5-7,13H,3-4,8H2,1-2H3. The number of benzene rings is 1. The van der Waals surface area contributed by atoms with Crippen molar-refractivity contribution >= 4 is 17.4 Å². The third kappa shape index (κ3) is 4.37. The average molecular weight is 275 g/mol. The fourth-order valence-corrected chi connectivity index (χ4v) is 1.67. The van der Waals surface area contributed by atoms with E-state index in [2.05, 4.69) is 0 Å². The first kappa shape index (κ1) is 15.1. The fraction of sp³-hybridized carbons (Fsp3) is 0.462. The number of rotatable bonds is 7. The lowest BCUT2D eigenvalue weighted by Crippen LogP contribution is -2.29. The second-order valence-corrected chi connectivity index (χ2v) is 4.04. The molecule has 1 aromatic rings. The Morgan fingerprint density at radius 1 is 1.33 bits per heavy atom. The zero-order valence-corrected chi connectivity index (χ0v) is 11.2. The molecule has 0 fully saturated rings. The van der Waals surface area contributed by atoms with Gasteiger partial charge < -0.3 is 9.47 Å². The van der Waals surface area contributed by atoms with E-state index in [4.69, 9.17) is 21.1 Å². The number of ether oxygens (including phenoxy) is 2. The molecule has 0 heterocycles. The predicted molar refractivity (Wildman–Crippen MR) is 67.2 cm³/mol. The molecule has 0 spiro atoms. The van der Waals surface area contributed by atoms with E-state index in [1.165, 1.54) is 18.2 Å². The van der Waals surface area contributed by atoms with Gasteiger partial charge in [-0.25, -0.2) is 4.39 Å². The normalized spacial score (nSPS) is 10.9. The van der Waals surface area contributed by atoms with Crippen molar-refractivity contribution in [2.45, 2.75) is 26.6 Å². The topological polar surface area (TPSA) is 35.5 Å². The number of carbonyl (C=O) groups is 1. The second-order valence-electron chi connectivity index (χ2n) is 3.63. The van der Waals surface area contributed by atoms with E-state index in [1.807, 2.05) is 0 Å². The lowest BCUT2D eigenvalue weighted by Gasteiger charge is -2.15. The summed E-state index contributed by atoms with van der Waals surface area (Å²) < 4.78 is 23.4. The van der Waals surface area contributed by atoms with Crippen molar-refractivity contribution < 1.29 is 18.7 Å². The molecule has 0 aliphatic rings. The van der Waals surface area contributed by atoms with Gasteiger partial charge in [0.2, 0.25) is 6.29 Å². The highest BCUT2D eigenvalue weighted by Gasteiger charge is 2.19. The average Bonchev–Trinajstić information content (AvgIpc) is 2.33. The molecule has 0 aromatic heterocycles. The fourth-order valence-electron chi connectivity index (χ4n) is 1.47. The lowest BCUT2D eigenvalue weighted by atomic mass is 10.1. The summed E-state index contributed by atoms with van der Waals surface area (Å²) in [5, 5.41) is 0.00432. The highest BCUT2D eigenvalue weighted by molar-refractivity contribution is 6.30. The molecule has 0 atom stereocenters. The van der Waals surface area contributed by atoms with Gasteiger partial charge >= 0.3 is 0 Å². The molecule has 0 amide bonds. The zero-order valence-electron chi connectivity index (χ0n) is 10.4. The zero-order chi connectivity index (χ0) is 13.5. The summed E-state index contributed by atoms with van der Waals surface area (Å²) >= 11 is 5.65. The van der Waals surface area contributed by atoms with Crippen molar-refractivity contribution in [3.8, 4) is 0 Å². The molecule has 0 N–H and O–H groups in total. The van der Waals surface area contributed by atoms with Crippen molar-refractivity contribution in [3.63, 3.8) is 0 Å². The molecule has 1 aromatic carbocycles. The van der Waals surface area contributed by atoms with Crippen molar-refractivity contribution in [3.05, 3.63) is 34.6 Å². The maximum absolute atomic E-state index is 13.0. The summed E-state index contributed by atoms with van der Waals surface area (Å²) in [6, 6.07) is 4.19. The van der Waals surface area contributed by atoms with E-state index in [0.717, 1.165) is 0 Å². The summed E-state index contributed by atoms with van der Waals surface area (Å²) in [7, 11) is 0. The molecule has 100 valence electrons. The van der Waals surface area contributed by atoms with Crippen molar-refractivity contribution in [2.75, 3.05) is 13.2 Å². The highest BCUT2D eigenvalue weighted by Crippen LogP contribution is 2.17. The highest BCUT2D eigenvalue weighted by atomic mass is 35.5. The minimum atomic E-state index is -0.871. The van der Waals surface area contributed by atoms with Gasteiger partial charge in [0.1, 0.15) is 5.82 Å². The van der Waals surface area contributed by atoms with E-state index in [1.54, 1.807) is 13.8 Å². The van der Waals surface area contributed by atoms with Gasteiger partial charge in [-0.15, -0.1) is 0 Å². The lowest BCUT2D eigenvalue weighted by molar-refractivity contribution is -0.167. The minimum absolute atomic E-state index is 0.00432. The van der Waals surface area contributed by atoms with Crippen LogP contribution in [0.5, 0.6) is 0 Å². The van der Waals surface area contributed by atoms with Crippen LogP contribution in [-0.2, 0) is 20.7 Å². The molecular formula is C13H16ClFO3.